The first-order valence-electron chi connectivity index (χ1n) is 11.7. The van der Waals surface area contributed by atoms with E-state index in [2.05, 4.69) is 0 Å². The Morgan fingerprint density at radius 2 is 1.57 bits per heavy atom. The van der Waals surface area contributed by atoms with E-state index in [4.69, 9.17) is 28.4 Å². The Morgan fingerprint density at radius 3 is 2.19 bits per heavy atom. The van der Waals surface area contributed by atoms with E-state index in [0.717, 1.165) is 11.1 Å². The lowest BCUT2D eigenvalue weighted by Gasteiger charge is -2.39. The van der Waals surface area contributed by atoms with Crippen LogP contribution in [-0.4, -0.2) is 97.4 Å². The van der Waals surface area contributed by atoms with E-state index in [1.165, 1.54) is 21.3 Å². The Labute approximate surface area is 215 Å². The summed E-state index contributed by atoms with van der Waals surface area (Å²) in [6.45, 7) is 0.203. The van der Waals surface area contributed by atoms with Gasteiger partial charge in [0.15, 0.2) is 23.0 Å². The van der Waals surface area contributed by atoms with E-state index in [1.807, 2.05) is 12.2 Å². The van der Waals surface area contributed by atoms with Gasteiger partial charge in [-0.15, -0.1) is 0 Å². The molecule has 0 amide bonds. The van der Waals surface area contributed by atoms with E-state index in [1.54, 1.807) is 30.3 Å². The van der Waals surface area contributed by atoms with E-state index in [-0.39, 0.29) is 11.5 Å². The molecule has 11 heteroatoms. The summed E-state index contributed by atoms with van der Waals surface area (Å²) >= 11 is 0. The van der Waals surface area contributed by atoms with Crippen LogP contribution in [0.3, 0.4) is 0 Å². The molecule has 1 saturated heterocycles. The Kier molecular flexibility index (Phi) is 10.4. The lowest BCUT2D eigenvalue weighted by Crippen LogP contribution is -2.60. The second-order valence-electron chi connectivity index (χ2n) is 8.30. The predicted molar refractivity (Wildman–Crippen MR) is 132 cm³/mol. The van der Waals surface area contributed by atoms with Gasteiger partial charge >= 0.3 is 0 Å². The number of phenolic OH excluding ortho intramolecular Hbond substituents is 1. The molecule has 1 aliphatic heterocycles. The van der Waals surface area contributed by atoms with Gasteiger partial charge in [0.25, 0.3) is 0 Å². The molecule has 5 N–H and O–H groups in total. The van der Waals surface area contributed by atoms with Crippen LogP contribution in [0, 0.1) is 0 Å². The van der Waals surface area contributed by atoms with Crippen LogP contribution in [0.15, 0.2) is 36.4 Å². The molecule has 0 aliphatic carbocycles. The largest absolute Gasteiger partial charge is 0.504 e. The average Bonchev–Trinajstić information content (AvgIpc) is 2.91. The third kappa shape index (κ3) is 7.04. The predicted octanol–water partition coefficient (Wildman–Crippen LogP) is 0.869. The van der Waals surface area contributed by atoms with Crippen LogP contribution in [0.1, 0.15) is 11.1 Å². The van der Waals surface area contributed by atoms with Crippen molar-refractivity contribution in [2.75, 3.05) is 41.2 Å². The smallest absolute Gasteiger partial charge is 0.229 e. The van der Waals surface area contributed by atoms with Crippen LogP contribution in [0.5, 0.6) is 28.7 Å². The molecule has 0 unspecified atom stereocenters. The normalized spacial score (nSPS) is 23.7. The number of benzene rings is 2. The van der Waals surface area contributed by atoms with Gasteiger partial charge in [-0.1, -0.05) is 18.2 Å². The molecule has 1 heterocycles. The molecule has 11 nitrogen and oxygen atoms in total. The van der Waals surface area contributed by atoms with Gasteiger partial charge in [-0.05, 0) is 41.8 Å². The molecule has 2 aromatic rings. The summed E-state index contributed by atoms with van der Waals surface area (Å²) in [5.74, 6) is 1.20. The fraction of sp³-hybridized carbons (Fsp3) is 0.462. The third-order valence-corrected chi connectivity index (χ3v) is 5.87. The maximum atomic E-state index is 10.3. The number of rotatable bonds is 12. The maximum absolute atomic E-state index is 10.3. The molecule has 5 atom stereocenters. The van der Waals surface area contributed by atoms with Crippen molar-refractivity contribution in [2.45, 2.75) is 37.1 Å². The van der Waals surface area contributed by atoms with E-state index in [0.29, 0.717) is 36.9 Å². The van der Waals surface area contributed by atoms with Crippen molar-refractivity contribution in [2.24, 2.45) is 0 Å². The molecule has 1 fully saturated rings. The van der Waals surface area contributed by atoms with Crippen molar-refractivity contribution in [3.8, 4) is 28.7 Å². The molecule has 204 valence electrons. The molecule has 2 aromatic carbocycles. The minimum atomic E-state index is -1.57. The number of aromatic hydroxyl groups is 1. The van der Waals surface area contributed by atoms with Gasteiger partial charge in [0.05, 0.1) is 41.2 Å². The van der Waals surface area contributed by atoms with Gasteiger partial charge in [0.1, 0.15) is 24.4 Å². The fourth-order valence-electron chi connectivity index (χ4n) is 3.80. The molecule has 0 spiro atoms. The molecule has 3 rings (SSSR count). The summed E-state index contributed by atoms with van der Waals surface area (Å²) in [6, 6.07) is 8.50. The first-order valence-corrected chi connectivity index (χ1v) is 11.7. The molecule has 37 heavy (non-hydrogen) atoms. The monoisotopic (exact) mass is 522 g/mol. The minimum Gasteiger partial charge on any atom is -0.504 e. The Bertz CT molecular complexity index is 1010. The van der Waals surface area contributed by atoms with Crippen molar-refractivity contribution >= 4 is 6.08 Å². The number of hydrogen-bond donors (Lipinski definition) is 5. The zero-order valence-corrected chi connectivity index (χ0v) is 20.9. The lowest BCUT2D eigenvalue weighted by molar-refractivity contribution is -0.277. The highest BCUT2D eigenvalue weighted by Crippen LogP contribution is 2.40. The van der Waals surface area contributed by atoms with Crippen LogP contribution in [0.2, 0.25) is 0 Å². The van der Waals surface area contributed by atoms with Crippen LogP contribution in [-0.2, 0) is 15.9 Å². The van der Waals surface area contributed by atoms with E-state index < -0.39 is 37.3 Å². The molecular weight excluding hydrogens is 488 g/mol. The van der Waals surface area contributed by atoms with E-state index >= 15 is 0 Å². The van der Waals surface area contributed by atoms with Crippen LogP contribution in [0.25, 0.3) is 6.08 Å². The van der Waals surface area contributed by atoms with Crippen LogP contribution >= 0.6 is 0 Å². The zero-order valence-electron chi connectivity index (χ0n) is 20.9. The molecule has 0 saturated carbocycles. The van der Waals surface area contributed by atoms with Gasteiger partial charge < -0.3 is 54.0 Å². The number of aliphatic hydroxyl groups excluding tert-OH is 4. The molecular formula is C26H34O11. The van der Waals surface area contributed by atoms with Gasteiger partial charge in [-0.2, -0.15) is 0 Å². The summed E-state index contributed by atoms with van der Waals surface area (Å²) in [7, 11) is 4.38. The minimum absolute atomic E-state index is 0.0753. The zero-order chi connectivity index (χ0) is 26.9. The number of phenols is 1. The Balaban J connectivity index is 1.61. The SMILES string of the molecule is COc1cc(C=CCOCCc2cc(OC)c(O[C@@H]3O[C@H](CO)[C@@H](O)[C@H](O)[C@H]3O)c(OC)c2)ccc1O. The standard InChI is InChI=1S/C26H34O11/c1-32-18-11-15(6-7-17(18)28)5-4-9-35-10-8-16-12-19(33-2)25(20(13-16)34-3)37-26-24(31)23(30)22(29)21(14-27)36-26/h4-7,11-13,21-24,26-31H,8-10,14H2,1-3H3/t21-,22-,23+,24-,26+/m1/s1. The number of hydrogen-bond acceptors (Lipinski definition) is 11. The summed E-state index contributed by atoms with van der Waals surface area (Å²) in [6.07, 6.45) is -2.89. The Hall–Kier alpha value is -3.06. The van der Waals surface area contributed by atoms with Crippen molar-refractivity contribution in [1.82, 2.24) is 0 Å². The van der Waals surface area contributed by atoms with Crippen LogP contribution < -0.4 is 18.9 Å². The average molecular weight is 523 g/mol. The second kappa shape index (κ2) is 13.5. The number of methoxy groups -OCH3 is 3. The highest BCUT2D eigenvalue weighted by Gasteiger charge is 2.45. The summed E-state index contributed by atoms with van der Waals surface area (Å²) in [5, 5.41) is 49.4. The second-order valence-corrected chi connectivity index (χ2v) is 8.30. The quantitative estimate of drug-likeness (QED) is 0.252. The molecule has 0 aromatic heterocycles. The lowest BCUT2D eigenvalue weighted by atomic mass is 9.99. The van der Waals surface area contributed by atoms with Gasteiger partial charge in [0, 0.05) is 0 Å². The Morgan fingerprint density at radius 1 is 0.892 bits per heavy atom. The number of aliphatic hydroxyl groups is 4. The fourth-order valence-corrected chi connectivity index (χ4v) is 3.80. The summed E-state index contributed by atoms with van der Waals surface area (Å²) < 4.78 is 32.9. The van der Waals surface area contributed by atoms with Crippen molar-refractivity contribution in [3.63, 3.8) is 0 Å². The van der Waals surface area contributed by atoms with E-state index in [9.17, 15) is 25.5 Å². The van der Waals surface area contributed by atoms with Crippen LogP contribution in [0.4, 0.5) is 0 Å². The van der Waals surface area contributed by atoms with Crippen molar-refractivity contribution in [1.29, 1.82) is 0 Å². The highest BCUT2D eigenvalue weighted by atomic mass is 16.7. The topological polar surface area (TPSA) is 157 Å². The molecule has 0 radical (unpaired) electrons. The summed E-state index contributed by atoms with van der Waals surface area (Å²) in [4.78, 5) is 0. The number of ether oxygens (including phenoxy) is 6. The van der Waals surface area contributed by atoms with Crippen molar-refractivity contribution in [3.05, 3.63) is 47.5 Å². The van der Waals surface area contributed by atoms with Gasteiger partial charge in [-0.3, -0.25) is 0 Å². The third-order valence-electron chi connectivity index (χ3n) is 5.87. The highest BCUT2D eigenvalue weighted by molar-refractivity contribution is 5.56. The maximum Gasteiger partial charge on any atom is 0.229 e. The van der Waals surface area contributed by atoms with Crippen molar-refractivity contribution < 1.29 is 54.0 Å². The van der Waals surface area contributed by atoms with Gasteiger partial charge in [-0.25, -0.2) is 0 Å². The summed E-state index contributed by atoms with van der Waals surface area (Å²) in [5.41, 5.74) is 1.70. The van der Waals surface area contributed by atoms with Gasteiger partial charge in [0.2, 0.25) is 12.0 Å². The molecule has 1 aliphatic rings. The first-order chi connectivity index (χ1) is 17.8. The molecule has 0 bridgehead atoms. The first kappa shape index (κ1) is 28.5.